The van der Waals surface area contributed by atoms with E-state index in [1.54, 1.807) is 25.0 Å². The highest BCUT2D eigenvalue weighted by Crippen LogP contribution is 2.21. The monoisotopic (exact) mass is 312 g/mol. The number of hydrogen-bond donors (Lipinski definition) is 1. The molecule has 0 saturated carbocycles. The Labute approximate surface area is 124 Å². The Kier molecular flexibility index (Phi) is 4.65. The van der Waals surface area contributed by atoms with E-state index >= 15 is 0 Å². The zero-order valence-electron chi connectivity index (χ0n) is 12.2. The fourth-order valence-electron chi connectivity index (χ4n) is 2.61. The molecule has 116 valence electrons. The van der Waals surface area contributed by atoms with Gasteiger partial charge in [-0.3, -0.25) is 4.79 Å². The van der Waals surface area contributed by atoms with Gasteiger partial charge in [-0.25, -0.2) is 13.6 Å². The highest BCUT2D eigenvalue weighted by atomic mass is 32.2. The maximum absolute atomic E-state index is 12.5. The predicted octanol–water partition coefficient (Wildman–Crippen LogP) is 0.751. The first kappa shape index (κ1) is 15.9. The number of nitrogens with zero attached hydrogens (tertiary/aromatic N) is 1. The van der Waals surface area contributed by atoms with Gasteiger partial charge in [0.1, 0.15) is 0 Å². The first-order valence-corrected chi connectivity index (χ1v) is 8.28. The van der Waals surface area contributed by atoms with Gasteiger partial charge in [0, 0.05) is 31.7 Å². The molecule has 1 saturated heterocycles. The third-order valence-corrected chi connectivity index (χ3v) is 4.49. The van der Waals surface area contributed by atoms with Crippen molar-refractivity contribution in [3.63, 3.8) is 0 Å². The molecule has 6 nitrogen and oxygen atoms in total. The predicted molar refractivity (Wildman–Crippen MR) is 78.4 cm³/mol. The van der Waals surface area contributed by atoms with Gasteiger partial charge < -0.3 is 9.64 Å². The summed E-state index contributed by atoms with van der Waals surface area (Å²) in [4.78, 5) is 14.2. The van der Waals surface area contributed by atoms with Crippen LogP contribution in [0.1, 0.15) is 22.3 Å². The molecule has 1 unspecified atom stereocenters. The Morgan fingerprint density at radius 2 is 2.14 bits per heavy atom. The number of carbonyl (C=O) groups is 1. The fraction of sp³-hybridized carbons (Fsp3) is 0.500. The van der Waals surface area contributed by atoms with E-state index in [4.69, 9.17) is 9.88 Å². The molecule has 1 aromatic carbocycles. The van der Waals surface area contributed by atoms with Crippen molar-refractivity contribution in [1.82, 2.24) is 4.90 Å². The number of hydrogen-bond acceptors (Lipinski definition) is 4. The summed E-state index contributed by atoms with van der Waals surface area (Å²) in [5.74, 6) is 0.170. The van der Waals surface area contributed by atoms with E-state index in [9.17, 15) is 13.2 Å². The number of likely N-dealkylation sites (tertiary alicyclic amines) is 1. The third-order valence-electron chi connectivity index (χ3n) is 3.60. The van der Waals surface area contributed by atoms with Gasteiger partial charge in [0.15, 0.2) is 0 Å². The Hall–Kier alpha value is -1.44. The first-order chi connectivity index (χ1) is 9.81. The molecule has 2 N–H and O–H groups in total. The molecule has 1 fully saturated rings. The lowest BCUT2D eigenvalue weighted by Gasteiger charge is -2.17. The highest BCUT2D eigenvalue weighted by Gasteiger charge is 2.27. The van der Waals surface area contributed by atoms with E-state index in [1.807, 2.05) is 0 Å². The van der Waals surface area contributed by atoms with Crippen molar-refractivity contribution in [2.75, 3.05) is 26.8 Å². The number of ether oxygens (including phenoxy) is 1. The summed E-state index contributed by atoms with van der Waals surface area (Å²) in [5, 5.41) is 5.14. The Morgan fingerprint density at radius 3 is 2.76 bits per heavy atom. The second-order valence-corrected chi connectivity index (χ2v) is 7.00. The number of benzene rings is 1. The van der Waals surface area contributed by atoms with Crippen LogP contribution in [-0.4, -0.2) is 46.0 Å². The number of rotatable bonds is 4. The summed E-state index contributed by atoms with van der Waals surface area (Å²) in [6, 6.07) is 4.48. The van der Waals surface area contributed by atoms with Crippen LogP contribution < -0.4 is 5.14 Å². The normalized spacial score (nSPS) is 19.0. The number of carbonyl (C=O) groups excluding carboxylic acids is 1. The van der Waals surface area contributed by atoms with Gasteiger partial charge in [-0.1, -0.05) is 0 Å². The molecule has 1 aliphatic rings. The van der Waals surface area contributed by atoms with Crippen LogP contribution in [-0.2, 0) is 14.8 Å². The average Bonchev–Trinajstić information content (AvgIpc) is 2.85. The molecule has 0 spiro atoms. The minimum atomic E-state index is -3.81. The van der Waals surface area contributed by atoms with E-state index in [2.05, 4.69) is 0 Å². The minimum Gasteiger partial charge on any atom is -0.384 e. The smallest absolute Gasteiger partial charge is 0.253 e. The molecule has 0 aliphatic carbocycles. The van der Waals surface area contributed by atoms with Gasteiger partial charge in [0.05, 0.1) is 11.5 Å². The van der Waals surface area contributed by atoms with Crippen LogP contribution in [0.2, 0.25) is 0 Å². The van der Waals surface area contributed by atoms with Gasteiger partial charge in [-0.05, 0) is 37.1 Å². The zero-order chi connectivity index (χ0) is 15.6. The first-order valence-electron chi connectivity index (χ1n) is 6.74. The molecule has 2 rings (SSSR count). The molecule has 7 heteroatoms. The Morgan fingerprint density at radius 1 is 1.43 bits per heavy atom. The molecule has 1 heterocycles. The van der Waals surface area contributed by atoms with E-state index in [-0.39, 0.29) is 10.8 Å². The summed E-state index contributed by atoms with van der Waals surface area (Å²) >= 11 is 0. The summed E-state index contributed by atoms with van der Waals surface area (Å²) in [7, 11) is -2.17. The topological polar surface area (TPSA) is 89.7 Å². The number of sulfonamides is 1. The molecule has 0 bridgehead atoms. The highest BCUT2D eigenvalue weighted by molar-refractivity contribution is 7.89. The molecule has 1 aliphatic heterocycles. The van der Waals surface area contributed by atoms with Crippen molar-refractivity contribution < 1.29 is 17.9 Å². The van der Waals surface area contributed by atoms with Crippen molar-refractivity contribution in [1.29, 1.82) is 0 Å². The molecule has 21 heavy (non-hydrogen) atoms. The van der Waals surface area contributed by atoms with Gasteiger partial charge >= 0.3 is 0 Å². The summed E-state index contributed by atoms with van der Waals surface area (Å²) in [5.41, 5.74) is 1.05. The van der Waals surface area contributed by atoms with Crippen molar-refractivity contribution in [2.24, 2.45) is 11.1 Å². The lowest BCUT2D eigenvalue weighted by Crippen LogP contribution is -2.29. The maximum atomic E-state index is 12.5. The van der Waals surface area contributed by atoms with Crippen LogP contribution in [0.5, 0.6) is 0 Å². The van der Waals surface area contributed by atoms with Crippen LogP contribution >= 0.6 is 0 Å². The minimum absolute atomic E-state index is 0.0292. The molecule has 1 amide bonds. The SMILES string of the molecule is COCC1CCN(C(=O)c2cc(C)cc(S(N)(=O)=O)c2)C1. The van der Waals surface area contributed by atoms with Crippen molar-refractivity contribution in [3.05, 3.63) is 29.3 Å². The zero-order valence-corrected chi connectivity index (χ0v) is 13.0. The number of nitrogens with two attached hydrogens (primary N) is 1. The van der Waals surface area contributed by atoms with Crippen molar-refractivity contribution in [3.8, 4) is 0 Å². The van der Waals surface area contributed by atoms with E-state index in [0.29, 0.717) is 36.7 Å². The van der Waals surface area contributed by atoms with E-state index in [1.165, 1.54) is 12.1 Å². The lowest BCUT2D eigenvalue weighted by atomic mass is 10.1. The third kappa shape index (κ3) is 3.81. The van der Waals surface area contributed by atoms with E-state index in [0.717, 1.165) is 6.42 Å². The molecule has 0 radical (unpaired) electrons. The second kappa shape index (κ2) is 6.13. The van der Waals surface area contributed by atoms with Gasteiger partial charge in [-0.15, -0.1) is 0 Å². The largest absolute Gasteiger partial charge is 0.384 e. The van der Waals surface area contributed by atoms with Crippen LogP contribution in [0.25, 0.3) is 0 Å². The summed E-state index contributed by atoms with van der Waals surface area (Å²) < 4.78 is 28.0. The Bertz CT molecular complexity index is 642. The number of aryl methyl sites for hydroxylation is 1. The van der Waals surface area contributed by atoms with Gasteiger partial charge in [0.25, 0.3) is 5.91 Å². The van der Waals surface area contributed by atoms with Crippen LogP contribution in [0, 0.1) is 12.8 Å². The van der Waals surface area contributed by atoms with E-state index < -0.39 is 10.0 Å². The van der Waals surface area contributed by atoms with Gasteiger partial charge in [0.2, 0.25) is 10.0 Å². The van der Waals surface area contributed by atoms with Crippen LogP contribution in [0.3, 0.4) is 0 Å². The number of amides is 1. The lowest BCUT2D eigenvalue weighted by molar-refractivity contribution is 0.0775. The maximum Gasteiger partial charge on any atom is 0.253 e. The average molecular weight is 312 g/mol. The fourth-order valence-corrected chi connectivity index (χ4v) is 3.25. The second-order valence-electron chi connectivity index (χ2n) is 5.44. The van der Waals surface area contributed by atoms with Crippen molar-refractivity contribution in [2.45, 2.75) is 18.2 Å². The molecule has 0 aromatic heterocycles. The van der Waals surface area contributed by atoms with Crippen LogP contribution in [0.15, 0.2) is 23.1 Å². The van der Waals surface area contributed by atoms with Crippen LogP contribution in [0.4, 0.5) is 0 Å². The molecule has 1 aromatic rings. The Balaban J connectivity index is 2.22. The number of primary sulfonamides is 1. The summed E-state index contributed by atoms with van der Waals surface area (Å²) in [6.07, 6.45) is 0.896. The standard InChI is InChI=1S/C14H20N2O4S/c1-10-5-12(7-13(6-10)21(15,18)19)14(17)16-4-3-11(8-16)9-20-2/h5-7,11H,3-4,8-9H2,1-2H3,(H2,15,18,19). The molecular formula is C14H20N2O4S. The quantitative estimate of drug-likeness (QED) is 0.888. The van der Waals surface area contributed by atoms with Gasteiger partial charge in [-0.2, -0.15) is 0 Å². The molecule has 1 atom stereocenters. The summed E-state index contributed by atoms with van der Waals surface area (Å²) in [6.45, 7) is 3.65. The molecular weight excluding hydrogens is 292 g/mol. The number of methoxy groups -OCH3 is 1. The van der Waals surface area contributed by atoms with Crippen molar-refractivity contribution >= 4 is 15.9 Å².